The Morgan fingerprint density at radius 1 is 1.41 bits per heavy atom. The second-order valence-electron chi connectivity index (χ2n) is 4.07. The molecule has 1 atom stereocenters. The zero-order valence-electron chi connectivity index (χ0n) is 10.9. The fourth-order valence-corrected chi connectivity index (χ4v) is 1.27. The maximum absolute atomic E-state index is 11.0. The van der Waals surface area contributed by atoms with Crippen LogP contribution in [0.4, 0.5) is 0 Å². The van der Waals surface area contributed by atoms with Gasteiger partial charge in [0.2, 0.25) is 0 Å². The fourth-order valence-electron chi connectivity index (χ4n) is 1.27. The molecule has 0 aromatic heterocycles. The summed E-state index contributed by atoms with van der Waals surface area (Å²) in [4.78, 5) is 11.0. The molecule has 0 aliphatic carbocycles. The lowest BCUT2D eigenvalue weighted by molar-refractivity contribution is -0.139. The van der Waals surface area contributed by atoms with Gasteiger partial charge >= 0.3 is 5.97 Å². The first-order valence-corrected chi connectivity index (χ1v) is 5.88. The number of hydrogen-bond acceptors (Lipinski definition) is 3. The lowest BCUT2D eigenvalue weighted by Crippen LogP contribution is -2.20. The molecule has 0 aliphatic rings. The summed E-state index contributed by atoms with van der Waals surface area (Å²) in [5.41, 5.74) is 7.51. The highest BCUT2D eigenvalue weighted by molar-refractivity contribution is 5.72. The summed E-state index contributed by atoms with van der Waals surface area (Å²) in [6.07, 6.45) is 6.95. The zero-order chi connectivity index (χ0) is 13.3. The van der Waals surface area contributed by atoms with Crippen LogP contribution in [-0.4, -0.2) is 19.1 Å². The number of allylic oxidation sites excluding steroid dienone is 1. The largest absolute Gasteiger partial charge is 0.469 e. The SMILES string of the molecule is C=C(/C=C\C(=C)C(N)CCCC)CC(=O)OC. The van der Waals surface area contributed by atoms with Gasteiger partial charge in [-0.05, 0) is 17.6 Å². The first-order valence-electron chi connectivity index (χ1n) is 5.88. The van der Waals surface area contributed by atoms with E-state index < -0.39 is 0 Å². The quantitative estimate of drug-likeness (QED) is 0.521. The molecule has 0 bridgehead atoms. The minimum Gasteiger partial charge on any atom is -0.469 e. The number of hydrogen-bond donors (Lipinski definition) is 1. The van der Waals surface area contributed by atoms with Crippen molar-refractivity contribution in [2.75, 3.05) is 7.11 Å². The van der Waals surface area contributed by atoms with Gasteiger partial charge in [-0.3, -0.25) is 4.79 Å². The van der Waals surface area contributed by atoms with Crippen LogP contribution in [0, 0.1) is 0 Å². The van der Waals surface area contributed by atoms with Crippen LogP contribution in [0.2, 0.25) is 0 Å². The van der Waals surface area contributed by atoms with Gasteiger partial charge in [0.15, 0.2) is 0 Å². The summed E-state index contributed by atoms with van der Waals surface area (Å²) in [5.74, 6) is -0.291. The van der Waals surface area contributed by atoms with E-state index in [0.29, 0.717) is 5.57 Å². The fraction of sp³-hybridized carbons (Fsp3) is 0.500. The third kappa shape index (κ3) is 7.53. The van der Waals surface area contributed by atoms with Gasteiger partial charge in [-0.2, -0.15) is 0 Å². The Bertz CT molecular complexity index is 305. The normalized spacial score (nSPS) is 12.4. The van der Waals surface area contributed by atoms with Crippen molar-refractivity contribution in [3.63, 3.8) is 0 Å². The van der Waals surface area contributed by atoms with E-state index in [4.69, 9.17) is 5.73 Å². The van der Waals surface area contributed by atoms with Crippen molar-refractivity contribution < 1.29 is 9.53 Å². The standard InChI is InChI=1S/C14H23NO2/c1-5-6-7-13(15)12(3)9-8-11(2)10-14(16)17-4/h8-9,13H,2-3,5-7,10,15H2,1,4H3/b9-8-. The second kappa shape index (κ2) is 8.76. The van der Waals surface area contributed by atoms with Crippen molar-refractivity contribution in [2.24, 2.45) is 5.73 Å². The van der Waals surface area contributed by atoms with Gasteiger partial charge in [0.1, 0.15) is 0 Å². The molecule has 17 heavy (non-hydrogen) atoms. The van der Waals surface area contributed by atoms with Crippen molar-refractivity contribution in [3.8, 4) is 0 Å². The molecule has 0 aromatic carbocycles. The molecular weight excluding hydrogens is 214 g/mol. The predicted octanol–water partition coefficient (Wildman–Crippen LogP) is 2.74. The molecule has 0 heterocycles. The van der Waals surface area contributed by atoms with Gasteiger partial charge in [-0.15, -0.1) is 0 Å². The third-order valence-corrected chi connectivity index (χ3v) is 2.48. The summed E-state index contributed by atoms with van der Waals surface area (Å²) in [7, 11) is 1.36. The number of nitrogens with two attached hydrogens (primary N) is 1. The van der Waals surface area contributed by atoms with Crippen LogP contribution in [0.5, 0.6) is 0 Å². The van der Waals surface area contributed by atoms with Crippen LogP contribution in [0.1, 0.15) is 32.6 Å². The molecule has 0 spiro atoms. The molecule has 0 rings (SSSR count). The van der Waals surface area contributed by atoms with Crippen molar-refractivity contribution in [1.82, 2.24) is 0 Å². The van der Waals surface area contributed by atoms with Crippen LogP contribution >= 0.6 is 0 Å². The number of esters is 1. The number of rotatable bonds is 8. The van der Waals surface area contributed by atoms with Gasteiger partial charge in [-0.1, -0.05) is 45.1 Å². The minimum atomic E-state index is -0.291. The maximum Gasteiger partial charge on any atom is 0.309 e. The number of methoxy groups -OCH3 is 1. The van der Waals surface area contributed by atoms with Crippen molar-refractivity contribution in [3.05, 3.63) is 36.5 Å². The number of unbranched alkanes of at least 4 members (excludes halogenated alkanes) is 1. The Morgan fingerprint density at radius 2 is 2.06 bits per heavy atom. The minimum absolute atomic E-state index is 0.0165. The van der Waals surface area contributed by atoms with E-state index in [1.54, 1.807) is 6.08 Å². The van der Waals surface area contributed by atoms with Gasteiger partial charge in [0.25, 0.3) is 0 Å². The van der Waals surface area contributed by atoms with Crippen molar-refractivity contribution in [2.45, 2.75) is 38.6 Å². The molecule has 0 saturated carbocycles. The van der Waals surface area contributed by atoms with E-state index in [1.807, 2.05) is 6.08 Å². The van der Waals surface area contributed by atoms with Gasteiger partial charge in [-0.25, -0.2) is 0 Å². The Balaban J connectivity index is 4.09. The predicted molar refractivity (Wildman–Crippen MR) is 71.6 cm³/mol. The Kier molecular flexibility index (Phi) is 8.07. The lowest BCUT2D eigenvalue weighted by Gasteiger charge is -2.10. The molecule has 0 radical (unpaired) electrons. The number of carbonyl (C=O) groups excluding carboxylic acids is 1. The molecule has 3 nitrogen and oxygen atoms in total. The summed E-state index contributed by atoms with van der Waals surface area (Å²) < 4.78 is 4.55. The highest BCUT2D eigenvalue weighted by atomic mass is 16.5. The summed E-state index contributed by atoms with van der Waals surface area (Å²) in [6.45, 7) is 9.80. The molecule has 0 saturated heterocycles. The van der Waals surface area contributed by atoms with E-state index >= 15 is 0 Å². The maximum atomic E-state index is 11.0. The average Bonchev–Trinajstić information content (AvgIpc) is 2.32. The van der Waals surface area contributed by atoms with E-state index in [-0.39, 0.29) is 18.4 Å². The van der Waals surface area contributed by atoms with Crippen LogP contribution in [0.3, 0.4) is 0 Å². The zero-order valence-corrected chi connectivity index (χ0v) is 10.9. The highest BCUT2D eigenvalue weighted by Gasteiger charge is 2.04. The molecule has 2 N–H and O–H groups in total. The second-order valence-corrected chi connectivity index (χ2v) is 4.07. The molecule has 1 unspecified atom stereocenters. The smallest absolute Gasteiger partial charge is 0.309 e. The molecule has 0 fully saturated rings. The van der Waals surface area contributed by atoms with E-state index in [1.165, 1.54) is 7.11 Å². The van der Waals surface area contributed by atoms with Gasteiger partial charge in [0, 0.05) is 6.04 Å². The molecule has 3 heteroatoms. The Labute approximate surface area is 104 Å². The molecular formula is C14H23NO2. The van der Waals surface area contributed by atoms with Gasteiger partial charge in [0.05, 0.1) is 13.5 Å². The molecule has 96 valence electrons. The topological polar surface area (TPSA) is 52.3 Å². The van der Waals surface area contributed by atoms with Gasteiger partial charge < -0.3 is 10.5 Å². The lowest BCUT2D eigenvalue weighted by atomic mass is 10.0. The van der Waals surface area contributed by atoms with E-state index in [0.717, 1.165) is 24.8 Å². The highest BCUT2D eigenvalue weighted by Crippen LogP contribution is 2.10. The third-order valence-electron chi connectivity index (χ3n) is 2.48. The molecule has 0 aromatic rings. The van der Waals surface area contributed by atoms with E-state index in [2.05, 4.69) is 24.8 Å². The average molecular weight is 237 g/mol. The number of carbonyl (C=O) groups is 1. The first-order chi connectivity index (χ1) is 8.01. The van der Waals surface area contributed by atoms with Crippen LogP contribution < -0.4 is 5.73 Å². The van der Waals surface area contributed by atoms with Crippen LogP contribution in [-0.2, 0) is 9.53 Å². The Hall–Kier alpha value is -1.35. The number of ether oxygens (including phenoxy) is 1. The van der Waals surface area contributed by atoms with E-state index in [9.17, 15) is 4.79 Å². The van der Waals surface area contributed by atoms with Crippen LogP contribution in [0.25, 0.3) is 0 Å². The summed E-state index contributed by atoms with van der Waals surface area (Å²) in [6, 6.07) is -0.0165. The Morgan fingerprint density at radius 3 is 2.59 bits per heavy atom. The van der Waals surface area contributed by atoms with Crippen molar-refractivity contribution in [1.29, 1.82) is 0 Å². The summed E-state index contributed by atoms with van der Waals surface area (Å²) >= 11 is 0. The van der Waals surface area contributed by atoms with Crippen molar-refractivity contribution >= 4 is 5.97 Å². The first kappa shape index (κ1) is 15.7. The summed E-state index contributed by atoms with van der Waals surface area (Å²) in [5, 5.41) is 0. The monoisotopic (exact) mass is 237 g/mol. The molecule has 0 amide bonds. The van der Waals surface area contributed by atoms with Crippen LogP contribution in [0.15, 0.2) is 36.5 Å². The molecule has 0 aliphatic heterocycles.